The van der Waals surface area contributed by atoms with Crippen molar-refractivity contribution in [2.24, 2.45) is 5.92 Å². The summed E-state index contributed by atoms with van der Waals surface area (Å²) in [5.41, 5.74) is 6.72. The summed E-state index contributed by atoms with van der Waals surface area (Å²) in [4.78, 5) is 11.9. The third-order valence-electron chi connectivity index (χ3n) is 2.47. The zero-order chi connectivity index (χ0) is 12.8. The van der Waals surface area contributed by atoms with Crippen LogP contribution < -0.4 is 11.1 Å². The topological polar surface area (TPSA) is 75.3 Å². The Hall–Kier alpha value is -1.07. The number of aliphatic hydroxyl groups excluding tert-OH is 1. The highest BCUT2D eigenvalue weighted by Crippen LogP contribution is 2.19. The zero-order valence-electron chi connectivity index (χ0n) is 9.74. The van der Waals surface area contributed by atoms with E-state index < -0.39 is 0 Å². The van der Waals surface area contributed by atoms with E-state index in [2.05, 4.69) is 21.2 Å². The van der Waals surface area contributed by atoms with Crippen LogP contribution in [0.25, 0.3) is 0 Å². The highest BCUT2D eigenvalue weighted by atomic mass is 79.9. The summed E-state index contributed by atoms with van der Waals surface area (Å²) >= 11 is 3.31. The van der Waals surface area contributed by atoms with Gasteiger partial charge in [-0.3, -0.25) is 4.79 Å². The van der Waals surface area contributed by atoms with Gasteiger partial charge in [0.05, 0.1) is 5.56 Å². The van der Waals surface area contributed by atoms with E-state index in [0.29, 0.717) is 24.2 Å². The molecule has 94 valence electrons. The maximum Gasteiger partial charge on any atom is 0.252 e. The van der Waals surface area contributed by atoms with Crippen molar-refractivity contribution >= 4 is 27.5 Å². The number of nitrogens with two attached hydrogens (primary N) is 1. The lowest BCUT2D eigenvalue weighted by Gasteiger charge is -2.12. The fourth-order valence-electron chi connectivity index (χ4n) is 1.40. The van der Waals surface area contributed by atoms with Crippen molar-refractivity contribution in [3.63, 3.8) is 0 Å². The number of rotatable bonds is 5. The van der Waals surface area contributed by atoms with Gasteiger partial charge in [-0.2, -0.15) is 0 Å². The molecule has 0 fully saturated rings. The van der Waals surface area contributed by atoms with Gasteiger partial charge in [0.15, 0.2) is 0 Å². The molecule has 0 saturated heterocycles. The van der Waals surface area contributed by atoms with Crippen molar-refractivity contribution in [3.8, 4) is 0 Å². The smallest absolute Gasteiger partial charge is 0.252 e. The van der Waals surface area contributed by atoms with Gasteiger partial charge in [-0.25, -0.2) is 0 Å². The molecule has 0 saturated carbocycles. The molecule has 1 aromatic rings. The summed E-state index contributed by atoms with van der Waals surface area (Å²) in [7, 11) is 0. The molecule has 0 aliphatic carbocycles. The first-order valence-electron chi connectivity index (χ1n) is 5.48. The van der Waals surface area contributed by atoms with Gasteiger partial charge in [0.25, 0.3) is 5.91 Å². The average Bonchev–Trinajstić information content (AvgIpc) is 2.29. The molecule has 1 rings (SSSR count). The van der Waals surface area contributed by atoms with Gasteiger partial charge in [0.1, 0.15) is 0 Å². The molecule has 0 aromatic heterocycles. The second-order valence-corrected chi connectivity index (χ2v) is 4.92. The first-order chi connectivity index (χ1) is 8.04. The van der Waals surface area contributed by atoms with Crippen molar-refractivity contribution in [2.75, 3.05) is 18.9 Å². The normalized spacial score (nSPS) is 12.2. The number of halogens is 1. The third kappa shape index (κ3) is 4.36. The Kier molecular flexibility index (Phi) is 5.44. The SMILES string of the molecule is CC(CCO)CNC(=O)c1cc(N)ccc1Br. The van der Waals surface area contributed by atoms with Crippen molar-refractivity contribution in [1.29, 1.82) is 0 Å². The molecule has 1 amide bonds. The first kappa shape index (κ1) is 14.0. The van der Waals surface area contributed by atoms with E-state index in [1.165, 1.54) is 0 Å². The largest absolute Gasteiger partial charge is 0.399 e. The van der Waals surface area contributed by atoms with Crippen LogP contribution >= 0.6 is 15.9 Å². The van der Waals surface area contributed by atoms with Crippen molar-refractivity contribution in [3.05, 3.63) is 28.2 Å². The number of amides is 1. The zero-order valence-corrected chi connectivity index (χ0v) is 11.3. The lowest BCUT2D eigenvalue weighted by molar-refractivity contribution is 0.0944. The number of anilines is 1. The Morgan fingerprint density at radius 2 is 2.29 bits per heavy atom. The molecule has 5 heteroatoms. The Morgan fingerprint density at radius 1 is 1.59 bits per heavy atom. The van der Waals surface area contributed by atoms with Gasteiger partial charge in [0, 0.05) is 23.3 Å². The van der Waals surface area contributed by atoms with Crippen LogP contribution in [0, 0.1) is 5.92 Å². The predicted octanol–water partition coefficient (Wildman–Crippen LogP) is 1.78. The number of carbonyl (C=O) groups is 1. The molecular weight excluding hydrogens is 284 g/mol. The Morgan fingerprint density at radius 3 is 2.94 bits per heavy atom. The maximum absolute atomic E-state index is 11.9. The van der Waals surface area contributed by atoms with Crippen LogP contribution in [0.5, 0.6) is 0 Å². The van der Waals surface area contributed by atoms with Crippen LogP contribution in [-0.2, 0) is 0 Å². The van der Waals surface area contributed by atoms with Crippen LogP contribution in [0.1, 0.15) is 23.7 Å². The molecule has 0 bridgehead atoms. The minimum atomic E-state index is -0.158. The molecule has 0 aliphatic rings. The molecule has 0 radical (unpaired) electrons. The third-order valence-corrected chi connectivity index (χ3v) is 3.16. The highest BCUT2D eigenvalue weighted by Gasteiger charge is 2.11. The minimum absolute atomic E-state index is 0.138. The van der Waals surface area contributed by atoms with E-state index in [-0.39, 0.29) is 18.4 Å². The van der Waals surface area contributed by atoms with E-state index in [4.69, 9.17) is 10.8 Å². The molecule has 1 unspecified atom stereocenters. The monoisotopic (exact) mass is 300 g/mol. The predicted molar refractivity (Wildman–Crippen MR) is 71.8 cm³/mol. The number of nitrogen functional groups attached to an aromatic ring is 1. The molecular formula is C12H17BrN2O2. The van der Waals surface area contributed by atoms with Crippen molar-refractivity contribution in [2.45, 2.75) is 13.3 Å². The number of nitrogens with one attached hydrogen (secondary N) is 1. The van der Waals surface area contributed by atoms with E-state index >= 15 is 0 Å². The highest BCUT2D eigenvalue weighted by molar-refractivity contribution is 9.10. The van der Waals surface area contributed by atoms with Gasteiger partial charge < -0.3 is 16.2 Å². The Labute approximate surface area is 109 Å². The van der Waals surface area contributed by atoms with Crippen LogP contribution in [0.3, 0.4) is 0 Å². The molecule has 17 heavy (non-hydrogen) atoms. The second kappa shape index (κ2) is 6.61. The summed E-state index contributed by atoms with van der Waals surface area (Å²) in [5.74, 6) is 0.0951. The number of hydrogen-bond acceptors (Lipinski definition) is 3. The van der Waals surface area contributed by atoms with E-state index in [0.717, 1.165) is 4.47 Å². The molecule has 0 heterocycles. The average molecular weight is 301 g/mol. The van der Waals surface area contributed by atoms with Gasteiger partial charge in [0.2, 0.25) is 0 Å². The lowest BCUT2D eigenvalue weighted by Crippen LogP contribution is -2.29. The summed E-state index contributed by atoms with van der Waals surface area (Å²) in [6.07, 6.45) is 0.679. The van der Waals surface area contributed by atoms with Gasteiger partial charge in [-0.05, 0) is 46.5 Å². The van der Waals surface area contributed by atoms with Crippen molar-refractivity contribution in [1.82, 2.24) is 5.32 Å². The first-order valence-corrected chi connectivity index (χ1v) is 6.28. The number of carbonyl (C=O) groups excluding carboxylic acids is 1. The quantitative estimate of drug-likeness (QED) is 0.726. The summed E-state index contributed by atoms with van der Waals surface area (Å²) in [6.45, 7) is 2.66. The molecule has 0 aliphatic heterocycles. The molecule has 4 N–H and O–H groups in total. The van der Waals surface area contributed by atoms with Crippen LogP contribution in [0.4, 0.5) is 5.69 Å². The van der Waals surface area contributed by atoms with Crippen LogP contribution in [0.15, 0.2) is 22.7 Å². The molecule has 4 nitrogen and oxygen atoms in total. The molecule has 1 aromatic carbocycles. The maximum atomic E-state index is 11.9. The van der Waals surface area contributed by atoms with Crippen LogP contribution in [0.2, 0.25) is 0 Å². The molecule has 0 spiro atoms. The van der Waals surface area contributed by atoms with Gasteiger partial charge in [-0.15, -0.1) is 0 Å². The summed E-state index contributed by atoms with van der Waals surface area (Å²) in [6, 6.07) is 5.12. The second-order valence-electron chi connectivity index (χ2n) is 4.07. The Bertz CT molecular complexity index is 396. The summed E-state index contributed by atoms with van der Waals surface area (Å²) < 4.78 is 0.721. The number of hydrogen-bond donors (Lipinski definition) is 3. The summed E-state index contributed by atoms with van der Waals surface area (Å²) in [5, 5.41) is 11.6. The van der Waals surface area contributed by atoms with Gasteiger partial charge in [-0.1, -0.05) is 6.92 Å². The fraction of sp³-hybridized carbons (Fsp3) is 0.417. The van der Waals surface area contributed by atoms with E-state index in [1.54, 1.807) is 18.2 Å². The van der Waals surface area contributed by atoms with Crippen molar-refractivity contribution < 1.29 is 9.90 Å². The number of aliphatic hydroxyl groups is 1. The fourth-order valence-corrected chi connectivity index (χ4v) is 1.83. The Balaban J connectivity index is 2.61. The minimum Gasteiger partial charge on any atom is -0.399 e. The molecule has 1 atom stereocenters. The standard InChI is InChI=1S/C12H17BrN2O2/c1-8(4-5-16)7-15-12(17)10-6-9(14)2-3-11(10)13/h2-3,6,8,16H,4-5,7,14H2,1H3,(H,15,17). The van der Waals surface area contributed by atoms with E-state index in [1.807, 2.05) is 6.92 Å². The van der Waals surface area contributed by atoms with Gasteiger partial charge >= 0.3 is 0 Å². The number of benzene rings is 1. The lowest BCUT2D eigenvalue weighted by atomic mass is 10.1. The van der Waals surface area contributed by atoms with Crippen LogP contribution in [-0.4, -0.2) is 24.2 Å². The van der Waals surface area contributed by atoms with E-state index in [9.17, 15) is 4.79 Å².